The van der Waals surface area contributed by atoms with E-state index in [1.165, 1.54) is 6.07 Å². The van der Waals surface area contributed by atoms with Crippen LogP contribution in [-0.4, -0.2) is 24.1 Å². The minimum Gasteiger partial charge on any atom is -0.355 e. The van der Waals surface area contributed by atoms with Crippen molar-refractivity contribution in [1.29, 1.82) is 0 Å². The van der Waals surface area contributed by atoms with Crippen molar-refractivity contribution in [2.45, 2.75) is 25.6 Å². The lowest BCUT2D eigenvalue weighted by atomic mass is 9.94. The molecule has 100 valence electrons. The van der Waals surface area contributed by atoms with E-state index < -0.39 is 11.9 Å². The summed E-state index contributed by atoms with van der Waals surface area (Å²) in [5.74, 6) is 0.749. The summed E-state index contributed by atoms with van der Waals surface area (Å²) in [4.78, 5) is 5.49. The summed E-state index contributed by atoms with van der Waals surface area (Å²) < 4.78 is 37.7. The highest BCUT2D eigenvalue weighted by atomic mass is 19.4. The first-order chi connectivity index (χ1) is 8.38. The highest BCUT2D eigenvalue weighted by Gasteiger charge is 2.33. The van der Waals surface area contributed by atoms with Crippen molar-refractivity contribution >= 4 is 5.82 Å². The van der Waals surface area contributed by atoms with E-state index in [0.717, 1.165) is 12.5 Å². The van der Waals surface area contributed by atoms with Crippen LogP contribution in [0.2, 0.25) is 0 Å². The number of alkyl halides is 3. The van der Waals surface area contributed by atoms with E-state index >= 15 is 0 Å². The van der Waals surface area contributed by atoms with Gasteiger partial charge in [0.05, 0.1) is 0 Å². The quantitative estimate of drug-likeness (QED) is 0.841. The average molecular weight is 259 g/mol. The Morgan fingerprint density at radius 3 is 2.72 bits per heavy atom. The molecule has 0 radical (unpaired) electrons. The minimum atomic E-state index is -4.40. The molecular formula is C12H16F3N3. The van der Waals surface area contributed by atoms with Gasteiger partial charge in [-0.2, -0.15) is 13.2 Å². The highest BCUT2D eigenvalue weighted by Crippen LogP contribution is 2.29. The lowest BCUT2D eigenvalue weighted by Crippen LogP contribution is -2.48. The zero-order valence-corrected chi connectivity index (χ0v) is 10.1. The van der Waals surface area contributed by atoms with E-state index in [1.54, 1.807) is 6.07 Å². The molecule has 1 aromatic rings. The number of hydrogen-bond acceptors (Lipinski definition) is 3. The van der Waals surface area contributed by atoms with Crippen LogP contribution in [0.5, 0.6) is 0 Å². The van der Waals surface area contributed by atoms with Crippen molar-refractivity contribution in [2.75, 3.05) is 18.0 Å². The van der Waals surface area contributed by atoms with Gasteiger partial charge in [-0.25, -0.2) is 4.98 Å². The van der Waals surface area contributed by atoms with Crippen molar-refractivity contribution in [3.8, 4) is 0 Å². The molecule has 18 heavy (non-hydrogen) atoms. The molecule has 1 aromatic heterocycles. The van der Waals surface area contributed by atoms with Gasteiger partial charge in [0.1, 0.15) is 11.5 Å². The standard InChI is InChI=1S/C12H16F3N3/c1-8-5-6-18(7-9(8)16)11-4-2-3-10(17-11)12(13,14)15/h2-4,8-9H,5-7,16H2,1H3. The summed E-state index contributed by atoms with van der Waals surface area (Å²) in [6.07, 6.45) is -3.53. The first-order valence-corrected chi connectivity index (χ1v) is 5.92. The Balaban J connectivity index is 2.19. The Hall–Kier alpha value is -1.30. The topological polar surface area (TPSA) is 42.2 Å². The maximum absolute atomic E-state index is 12.6. The Kier molecular flexibility index (Phi) is 3.47. The van der Waals surface area contributed by atoms with Crippen molar-refractivity contribution in [2.24, 2.45) is 11.7 Å². The second kappa shape index (κ2) is 4.76. The van der Waals surface area contributed by atoms with E-state index in [9.17, 15) is 13.2 Å². The molecule has 1 fully saturated rings. The van der Waals surface area contributed by atoms with Gasteiger partial charge in [-0.15, -0.1) is 0 Å². The van der Waals surface area contributed by atoms with Crippen molar-refractivity contribution in [3.63, 3.8) is 0 Å². The van der Waals surface area contributed by atoms with Gasteiger partial charge >= 0.3 is 6.18 Å². The van der Waals surface area contributed by atoms with Gasteiger partial charge in [0.15, 0.2) is 0 Å². The van der Waals surface area contributed by atoms with Gasteiger partial charge in [-0.1, -0.05) is 13.0 Å². The third-order valence-corrected chi connectivity index (χ3v) is 3.37. The molecule has 0 bridgehead atoms. The molecule has 0 amide bonds. The zero-order chi connectivity index (χ0) is 13.3. The maximum atomic E-state index is 12.6. The van der Waals surface area contributed by atoms with E-state index in [1.807, 2.05) is 4.90 Å². The summed E-state index contributed by atoms with van der Waals surface area (Å²) in [5.41, 5.74) is 5.08. The van der Waals surface area contributed by atoms with Crippen LogP contribution in [0, 0.1) is 5.92 Å². The normalized spacial score (nSPS) is 25.3. The zero-order valence-electron chi connectivity index (χ0n) is 10.1. The molecule has 0 aromatic carbocycles. The van der Waals surface area contributed by atoms with E-state index in [2.05, 4.69) is 11.9 Å². The van der Waals surface area contributed by atoms with Crippen molar-refractivity contribution in [3.05, 3.63) is 23.9 Å². The average Bonchev–Trinajstić information content (AvgIpc) is 2.32. The van der Waals surface area contributed by atoms with E-state index in [4.69, 9.17) is 5.73 Å². The van der Waals surface area contributed by atoms with Gasteiger partial charge in [-0.3, -0.25) is 0 Å². The lowest BCUT2D eigenvalue weighted by Gasteiger charge is -2.35. The molecule has 0 aliphatic carbocycles. The fourth-order valence-corrected chi connectivity index (χ4v) is 2.06. The number of halogens is 3. The fourth-order valence-electron chi connectivity index (χ4n) is 2.06. The van der Waals surface area contributed by atoms with Crippen molar-refractivity contribution < 1.29 is 13.2 Å². The van der Waals surface area contributed by atoms with Crippen LogP contribution in [0.15, 0.2) is 18.2 Å². The largest absolute Gasteiger partial charge is 0.433 e. The second-order valence-electron chi connectivity index (χ2n) is 4.75. The van der Waals surface area contributed by atoms with Gasteiger partial charge in [0.2, 0.25) is 0 Å². The molecule has 2 heterocycles. The number of piperidine rings is 1. The van der Waals surface area contributed by atoms with Crippen molar-refractivity contribution in [1.82, 2.24) is 4.98 Å². The molecule has 0 saturated carbocycles. The maximum Gasteiger partial charge on any atom is 0.433 e. The Morgan fingerprint density at radius 1 is 1.39 bits per heavy atom. The van der Waals surface area contributed by atoms with Gasteiger partial charge in [0.25, 0.3) is 0 Å². The molecule has 2 N–H and O–H groups in total. The smallest absolute Gasteiger partial charge is 0.355 e. The first kappa shape index (κ1) is 13.1. The molecule has 2 rings (SSSR count). The molecule has 3 nitrogen and oxygen atoms in total. The summed E-state index contributed by atoms with van der Waals surface area (Å²) >= 11 is 0. The van der Waals surface area contributed by atoms with Gasteiger partial charge < -0.3 is 10.6 Å². The Bertz CT molecular complexity index is 419. The molecular weight excluding hydrogens is 243 g/mol. The van der Waals surface area contributed by atoms with E-state index in [-0.39, 0.29) is 6.04 Å². The highest BCUT2D eigenvalue weighted by molar-refractivity contribution is 5.40. The molecule has 2 atom stereocenters. The monoisotopic (exact) mass is 259 g/mol. The number of nitrogens with two attached hydrogens (primary N) is 1. The van der Waals surface area contributed by atoms with Crippen LogP contribution < -0.4 is 10.6 Å². The predicted octanol–water partition coefficient (Wildman–Crippen LogP) is 2.27. The Labute approximate surface area is 104 Å². The van der Waals surface area contributed by atoms with Crippen LogP contribution in [0.4, 0.5) is 19.0 Å². The van der Waals surface area contributed by atoms with Crippen LogP contribution in [0.3, 0.4) is 0 Å². The van der Waals surface area contributed by atoms with Crippen LogP contribution in [-0.2, 0) is 6.18 Å². The van der Waals surface area contributed by atoms with Crippen LogP contribution in [0.25, 0.3) is 0 Å². The molecule has 6 heteroatoms. The third kappa shape index (κ3) is 2.75. The molecule has 1 saturated heterocycles. The molecule has 0 spiro atoms. The molecule has 2 unspecified atom stereocenters. The van der Waals surface area contributed by atoms with Crippen LogP contribution in [0.1, 0.15) is 19.0 Å². The summed E-state index contributed by atoms with van der Waals surface area (Å²) in [7, 11) is 0. The molecule has 1 aliphatic rings. The minimum absolute atomic E-state index is 0.0184. The SMILES string of the molecule is CC1CCN(c2cccc(C(F)(F)F)n2)CC1N. The first-order valence-electron chi connectivity index (χ1n) is 5.92. The number of pyridine rings is 1. The van der Waals surface area contributed by atoms with E-state index in [0.29, 0.717) is 24.8 Å². The molecule has 1 aliphatic heterocycles. The number of hydrogen-bond donors (Lipinski definition) is 1. The number of rotatable bonds is 1. The number of nitrogens with zero attached hydrogens (tertiary/aromatic N) is 2. The predicted molar refractivity (Wildman–Crippen MR) is 63.2 cm³/mol. The summed E-state index contributed by atoms with van der Waals surface area (Å²) in [6, 6.07) is 3.94. The number of anilines is 1. The lowest BCUT2D eigenvalue weighted by molar-refractivity contribution is -0.141. The van der Waals surface area contributed by atoms with Gasteiger partial charge in [0, 0.05) is 19.1 Å². The summed E-state index contributed by atoms with van der Waals surface area (Å²) in [6.45, 7) is 3.31. The number of aromatic nitrogens is 1. The second-order valence-corrected chi connectivity index (χ2v) is 4.75. The fraction of sp³-hybridized carbons (Fsp3) is 0.583. The summed E-state index contributed by atoms with van der Waals surface area (Å²) in [5, 5.41) is 0. The van der Waals surface area contributed by atoms with Gasteiger partial charge in [-0.05, 0) is 24.5 Å². The Morgan fingerprint density at radius 2 is 2.11 bits per heavy atom. The third-order valence-electron chi connectivity index (χ3n) is 3.37. The van der Waals surface area contributed by atoms with Crippen LogP contribution >= 0.6 is 0 Å².